The number of nitrogens with zero attached hydrogens (tertiary/aromatic N) is 1. The van der Waals surface area contributed by atoms with Crippen molar-refractivity contribution < 1.29 is 9.59 Å². The van der Waals surface area contributed by atoms with Gasteiger partial charge in [0, 0.05) is 24.2 Å². The van der Waals surface area contributed by atoms with Crippen LogP contribution in [0.15, 0.2) is 66.7 Å². The van der Waals surface area contributed by atoms with Crippen molar-refractivity contribution in [1.29, 1.82) is 0 Å². The van der Waals surface area contributed by atoms with Crippen LogP contribution in [0.3, 0.4) is 0 Å². The molecule has 1 N–H and O–H groups in total. The maximum atomic E-state index is 13.6. The van der Waals surface area contributed by atoms with Gasteiger partial charge in [-0.05, 0) is 73.7 Å². The molecule has 0 radical (unpaired) electrons. The third kappa shape index (κ3) is 3.86. The van der Waals surface area contributed by atoms with Crippen molar-refractivity contribution >= 4 is 17.5 Å². The minimum absolute atomic E-state index is 0.139. The third-order valence-electron chi connectivity index (χ3n) is 6.13. The summed E-state index contributed by atoms with van der Waals surface area (Å²) >= 11 is 0. The monoisotopic (exact) mass is 412 g/mol. The van der Waals surface area contributed by atoms with E-state index in [2.05, 4.69) is 11.4 Å². The van der Waals surface area contributed by atoms with Crippen LogP contribution in [0.4, 0.5) is 5.69 Å². The number of aryl methyl sites for hydroxylation is 3. The van der Waals surface area contributed by atoms with Crippen molar-refractivity contribution in [3.8, 4) is 0 Å². The molecule has 1 aliphatic heterocycles. The van der Waals surface area contributed by atoms with Gasteiger partial charge < -0.3 is 5.32 Å². The average molecular weight is 413 g/mol. The third-order valence-corrected chi connectivity index (χ3v) is 6.13. The van der Waals surface area contributed by atoms with Crippen molar-refractivity contribution in [1.82, 2.24) is 5.32 Å². The number of benzene rings is 3. The fourth-order valence-electron chi connectivity index (χ4n) is 4.52. The van der Waals surface area contributed by atoms with Gasteiger partial charge in [-0.25, -0.2) is 0 Å². The van der Waals surface area contributed by atoms with Crippen molar-refractivity contribution in [2.45, 2.75) is 46.2 Å². The van der Waals surface area contributed by atoms with E-state index in [1.165, 1.54) is 0 Å². The summed E-state index contributed by atoms with van der Waals surface area (Å²) in [5.41, 5.74) is 5.60. The molecule has 3 aromatic carbocycles. The molecular formula is C27H28N2O2. The molecular weight excluding hydrogens is 384 g/mol. The predicted molar refractivity (Wildman–Crippen MR) is 124 cm³/mol. The molecule has 4 heteroatoms. The number of rotatable bonds is 4. The van der Waals surface area contributed by atoms with Gasteiger partial charge in [0.05, 0.1) is 0 Å². The zero-order valence-corrected chi connectivity index (χ0v) is 18.5. The normalized spacial score (nSPS) is 17.9. The minimum atomic E-state index is -1.03. The lowest BCUT2D eigenvalue weighted by Gasteiger charge is -2.44. The number of nitrogens with one attached hydrogen (secondary N) is 1. The second-order valence-electron chi connectivity index (χ2n) is 8.70. The molecule has 4 nitrogen and oxygen atoms in total. The first-order chi connectivity index (χ1) is 14.8. The van der Waals surface area contributed by atoms with Gasteiger partial charge in [0.15, 0.2) is 0 Å². The highest BCUT2D eigenvalue weighted by Gasteiger charge is 2.47. The van der Waals surface area contributed by atoms with Gasteiger partial charge in [0.1, 0.15) is 5.54 Å². The summed E-state index contributed by atoms with van der Waals surface area (Å²) in [5.74, 6) is -0.293. The summed E-state index contributed by atoms with van der Waals surface area (Å²) in [6.45, 7) is 8.34. The molecule has 158 valence electrons. The molecule has 0 aromatic heterocycles. The number of anilines is 1. The SMILES string of the molecule is Cc1cc(C)cc(N2C(=O)c3ccccc3C[C@]2(C)C(=O)NCc2ccccc2C)c1. The Morgan fingerprint density at radius 1 is 0.968 bits per heavy atom. The fourth-order valence-corrected chi connectivity index (χ4v) is 4.52. The first kappa shape index (κ1) is 20.9. The Morgan fingerprint density at radius 2 is 1.61 bits per heavy atom. The predicted octanol–water partition coefficient (Wildman–Crippen LogP) is 4.89. The Balaban J connectivity index is 1.75. The quantitative estimate of drug-likeness (QED) is 0.663. The second kappa shape index (κ2) is 8.03. The number of fused-ring (bicyclic) bond motifs is 1. The number of carbonyl (C=O) groups excluding carboxylic acids is 2. The molecule has 2 amide bonds. The van der Waals surface area contributed by atoms with Crippen LogP contribution in [0.2, 0.25) is 0 Å². The van der Waals surface area contributed by atoms with Gasteiger partial charge in [-0.3, -0.25) is 14.5 Å². The van der Waals surface area contributed by atoms with Crippen LogP contribution in [-0.2, 0) is 17.8 Å². The summed E-state index contributed by atoms with van der Waals surface area (Å²) in [7, 11) is 0. The molecule has 0 unspecified atom stereocenters. The molecule has 1 aliphatic rings. The van der Waals surface area contributed by atoms with Gasteiger partial charge in [0.2, 0.25) is 5.91 Å². The first-order valence-corrected chi connectivity index (χ1v) is 10.6. The van der Waals surface area contributed by atoms with E-state index in [4.69, 9.17) is 0 Å². The second-order valence-corrected chi connectivity index (χ2v) is 8.70. The Hall–Kier alpha value is -3.40. The number of amides is 2. The summed E-state index contributed by atoms with van der Waals surface area (Å²) in [4.78, 5) is 28.9. The van der Waals surface area contributed by atoms with Crippen LogP contribution in [0.1, 0.15) is 45.1 Å². The van der Waals surface area contributed by atoms with Gasteiger partial charge in [-0.1, -0.05) is 48.5 Å². The summed E-state index contributed by atoms with van der Waals surface area (Å²) in [5, 5.41) is 3.10. The summed E-state index contributed by atoms with van der Waals surface area (Å²) < 4.78 is 0. The van der Waals surface area contributed by atoms with E-state index in [0.717, 1.165) is 33.5 Å². The molecule has 4 rings (SSSR count). The standard InChI is InChI=1S/C27H28N2O2/c1-18-13-19(2)15-23(14-18)29-25(30)24-12-8-7-10-21(24)16-27(29,4)26(31)28-17-22-11-6-5-9-20(22)3/h5-15H,16-17H2,1-4H3,(H,28,31)/t27-/m1/s1. The van der Waals surface area contributed by atoms with E-state index in [-0.39, 0.29) is 11.8 Å². The van der Waals surface area contributed by atoms with Gasteiger partial charge in [-0.2, -0.15) is 0 Å². The zero-order chi connectivity index (χ0) is 22.2. The summed E-state index contributed by atoms with van der Waals surface area (Å²) in [6, 6.07) is 21.6. The molecule has 0 saturated carbocycles. The molecule has 0 aliphatic carbocycles. The lowest BCUT2D eigenvalue weighted by Crippen LogP contribution is -2.63. The van der Waals surface area contributed by atoms with E-state index in [0.29, 0.717) is 18.5 Å². The lowest BCUT2D eigenvalue weighted by molar-refractivity contribution is -0.126. The highest BCUT2D eigenvalue weighted by molar-refractivity contribution is 6.14. The molecule has 0 spiro atoms. The van der Waals surface area contributed by atoms with Crippen molar-refractivity contribution in [3.63, 3.8) is 0 Å². The maximum absolute atomic E-state index is 13.6. The summed E-state index contributed by atoms with van der Waals surface area (Å²) in [6.07, 6.45) is 0.460. The number of carbonyl (C=O) groups is 2. The van der Waals surface area contributed by atoms with Crippen LogP contribution in [0.5, 0.6) is 0 Å². The molecule has 1 atom stereocenters. The fraction of sp³-hybridized carbons (Fsp3) is 0.259. The van der Waals surface area contributed by atoms with Gasteiger partial charge in [0.25, 0.3) is 5.91 Å². The van der Waals surface area contributed by atoms with Gasteiger partial charge in [-0.15, -0.1) is 0 Å². The molecule has 31 heavy (non-hydrogen) atoms. The Kier molecular flexibility index (Phi) is 5.40. The van der Waals surface area contributed by atoms with E-state index in [9.17, 15) is 9.59 Å². The topological polar surface area (TPSA) is 49.4 Å². The molecule has 3 aromatic rings. The Morgan fingerprint density at radius 3 is 2.32 bits per heavy atom. The van der Waals surface area contributed by atoms with E-state index >= 15 is 0 Å². The smallest absolute Gasteiger partial charge is 0.259 e. The van der Waals surface area contributed by atoms with Crippen LogP contribution < -0.4 is 10.2 Å². The molecule has 0 fully saturated rings. The van der Waals surface area contributed by atoms with E-state index in [1.807, 2.05) is 88.4 Å². The van der Waals surface area contributed by atoms with Crippen molar-refractivity contribution in [3.05, 3.63) is 100 Å². The van der Waals surface area contributed by atoms with Crippen molar-refractivity contribution in [2.24, 2.45) is 0 Å². The van der Waals surface area contributed by atoms with E-state index in [1.54, 1.807) is 4.90 Å². The van der Waals surface area contributed by atoms with Crippen LogP contribution in [0.25, 0.3) is 0 Å². The average Bonchev–Trinajstić information content (AvgIpc) is 2.72. The molecule has 0 bridgehead atoms. The molecule has 1 heterocycles. The molecule has 0 saturated heterocycles. The van der Waals surface area contributed by atoms with Crippen LogP contribution in [-0.4, -0.2) is 17.4 Å². The number of hydrogen-bond acceptors (Lipinski definition) is 2. The first-order valence-electron chi connectivity index (χ1n) is 10.6. The highest BCUT2D eigenvalue weighted by Crippen LogP contribution is 2.36. The lowest BCUT2D eigenvalue weighted by atomic mass is 9.82. The van der Waals surface area contributed by atoms with E-state index < -0.39 is 5.54 Å². The van der Waals surface area contributed by atoms with Crippen molar-refractivity contribution in [2.75, 3.05) is 4.90 Å². The van der Waals surface area contributed by atoms with Gasteiger partial charge >= 0.3 is 0 Å². The Bertz CT molecular complexity index is 1150. The largest absolute Gasteiger partial charge is 0.350 e. The zero-order valence-electron chi connectivity index (χ0n) is 18.5. The maximum Gasteiger partial charge on any atom is 0.259 e. The van der Waals surface area contributed by atoms with Crippen LogP contribution in [0, 0.1) is 20.8 Å². The minimum Gasteiger partial charge on any atom is -0.350 e. The van der Waals surface area contributed by atoms with Crippen LogP contribution >= 0.6 is 0 Å². The Labute approximate surface area is 183 Å². The number of hydrogen-bond donors (Lipinski definition) is 1. The highest BCUT2D eigenvalue weighted by atomic mass is 16.2.